The van der Waals surface area contributed by atoms with Crippen molar-refractivity contribution in [3.8, 4) is 11.5 Å². The lowest BCUT2D eigenvalue weighted by molar-refractivity contribution is 0.666. The normalized spacial score (nSPS) is 12.7. The first-order valence-corrected chi connectivity index (χ1v) is 5.57. The van der Waals surface area contributed by atoms with Crippen molar-refractivity contribution in [3.63, 3.8) is 0 Å². The lowest BCUT2D eigenvalue weighted by Crippen LogP contribution is -2.05. The molecule has 16 heavy (non-hydrogen) atoms. The Morgan fingerprint density at radius 1 is 1.31 bits per heavy atom. The zero-order chi connectivity index (χ0) is 11.5. The number of nitrogens with zero attached hydrogens (tertiary/aromatic N) is 3. The maximum Gasteiger partial charge on any atom is 0.179 e. The molecule has 0 saturated heterocycles. The quantitative estimate of drug-likeness (QED) is 0.858. The molecule has 1 unspecified atom stereocenters. The van der Waals surface area contributed by atoms with Gasteiger partial charge in [-0.05, 0) is 25.5 Å². The summed E-state index contributed by atoms with van der Waals surface area (Å²) in [6.45, 7) is 6.17. The highest BCUT2D eigenvalue weighted by Crippen LogP contribution is 2.18. The summed E-state index contributed by atoms with van der Waals surface area (Å²) in [6, 6.07) is 3.91. The lowest BCUT2D eigenvalue weighted by Gasteiger charge is -2.08. The fourth-order valence-electron chi connectivity index (χ4n) is 1.50. The minimum atomic E-state index is 0.371. The van der Waals surface area contributed by atoms with Gasteiger partial charge in [0.2, 0.25) is 0 Å². The van der Waals surface area contributed by atoms with Crippen molar-refractivity contribution >= 4 is 0 Å². The summed E-state index contributed by atoms with van der Waals surface area (Å²) in [6.07, 6.45) is 2.91. The van der Waals surface area contributed by atoms with Gasteiger partial charge in [0.1, 0.15) is 11.6 Å². The van der Waals surface area contributed by atoms with Crippen LogP contribution in [0, 0.1) is 6.92 Å². The summed E-state index contributed by atoms with van der Waals surface area (Å²) < 4.78 is 0. The summed E-state index contributed by atoms with van der Waals surface area (Å²) in [5, 5.41) is 0. The Kier molecular flexibility index (Phi) is 2.99. The molecule has 0 spiro atoms. The van der Waals surface area contributed by atoms with Gasteiger partial charge >= 0.3 is 0 Å². The van der Waals surface area contributed by atoms with E-state index in [1.165, 1.54) is 0 Å². The van der Waals surface area contributed by atoms with E-state index in [1.54, 1.807) is 0 Å². The van der Waals surface area contributed by atoms with E-state index in [-0.39, 0.29) is 0 Å². The number of rotatable bonds is 3. The maximum absolute atomic E-state index is 4.49. The molecule has 2 heterocycles. The Balaban J connectivity index is 2.44. The Morgan fingerprint density at radius 2 is 2.12 bits per heavy atom. The highest BCUT2D eigenvalue weighted by Gasteiger charge is 2.11. The van der Waals surface area contributed by atoms with Gasteiger partial charge in [0.15, 0.2) is 5.82 Å². The van der Waals surface area contributed by atoms with Crippen LogP contribution in [0.15, 0.2) is 18.3 Å². The average Bonchev–Trinajstić information content (AvgIpc) is 2.80. The van der Waals surface area contributed by atoms with Crippen molar-refractivity contribution in [1.29, 1.82) is 0 Å². The molecule has 84 valence electrons. The number of H-pyrrole nitrogens is 1. The third kappa shape index (κ3) is 2.10. The van der Waals surface area contributed by atoms with Crippen LogP contribution >= 0.6 is 0 Å². The van der Waals surface area contributed by atoms with Crippen molar-refractivity contribution in [3.05, 3.63) is 30.0 Å². The number of hydrogen-bond acceptors (Lipinski definition) is 3. The van der Waals surface area contributed by atoms with Crippen LogP contribution < -0.4 is 0 Å². The molecular weight excluding hydrogens is 200 g/mol. The molecule has 0 saturated carbocycles. The van der Waals surface area contributed by atoms with E-state index in [1.807, 2.05) is 25.3 Å². The third-order valence-electron chi connectivity index (χ3n) is 2.66. The SMILES string of the molecule is CCC(C)c1nc(C)nc(-c2ccc[nH]2)n1. The Morgan fingerprint density at radius 3 is 2.75 bits per heavy atom. The number of nitrogens with one attached hydrogen (secondary N) is 1. The van der Waals surface area contributed by atoms with Crippen molar-refractivity contribution in [1.82, 2.24) is 19.9 Å². The first-order chi connectivity index (χ1) is 7.70. The van der Waals surface area contributed by atoms with E-state index < -0.39 is 0 Å². The number of aryl methyl sites for hydroxylation is 1. The van der Waals surface area contributed by atoms with Crippen LogP contribution in [0.25, 0.3) is 11.5 Å². The predicted molar refractivity (Wildman–Crippen MR) is 63.1 cm³/mol. The standard InChI is InChI=1S/C12H16N4/c1-4-8(2)11-14-9(3)15-12(16-11)10-6-5-7-13-10/h5-8,13H,4H2,1-3H3. The highest BCUT2D eigenvalue weighted by atomic mass is 15.0. The summed E-state index contributed by atoms with van der Waals surface area (Å²) in [5.41, 5.74) is 0.940. The molecule has 2 rings (SSSR count). The molecule has 4 heteroatoms. The molecule has 0 bridgehead atoms. The molecule has 0 aliphatic heterocycles. The van der Waals surface area contributed by atoms with E-state index >= 15 is 0 Å². The molecule has 0 aliphatic rings. The van der Waals surface area contributed by atoms with E-state index in [2.05, 4.69) is 33.8 Å². The molecule has 0 aliphatic carbocycles. The lowest BCUT2D eigenvalue weighted by atomic mass is 10.1. The maximum atomic E-state index is 4.49. The first kappa shape index (κ1) is 10.8. The van der Waals surface area contributed by atoms with Crippen LogP contribution in [-0.4, -0.2) is 19.9 Å². The van der Waals surface area contributed by atoms with E-state index in [4.69, 9.17) is 0 Å². The van der Waals surface area contributed by atoms with E-state index in [9.17, 15) is 0 Å². The first-order valence-electron chi connectivity index (χ1n) is 5.57. The molecule has 2 aromatic rings. The summed E-state index contributed by atoms with van der Waals surface area (Å²) >= 11 is 0. The second-order valence-electron chi connectivity index (χ2n) is 3.96. The molecular formula is C12H16N4. The van der Waals surface area contributed by atoms with E-state index in [0.29, 0.717) is 5.92 Å². The topological polar surface area (TPSA) is 54.5 Å². The Bertz CT molecular complexity index is 462. The van der Waals surface area contributed by atoms with Crippen molar-refractivity contribution in [2.75, 3.05) is 0 Å². The highest BCUT2D eigenvalue weighted by molar-refractivity contribution is 5.48. The summed E-state index contributed by atoms with van der Waals surface area (Å²) in [7, 11) is 0. The van der Waals surface area contributed by atoms with Crippen molar-refractivity contribution < 1.29 is 0 Å². The van der Waals surface area contributed by atoms with Crippen LogP contribution in [0.5, 0.6) is 0 Å². The summed E-state index contributed by atoms with van der Waals surface area (Å²) in [4.78, 5) is 16.3. The molecule has 1 atom stereocenters. The fraction of sp³-hybridized carbons (Fsp3) is 0.417. The monoisotopic (exact) mass is 216 g/mol. The second-order valence-corrected chi connectivity index (χ2v) is 3.96. The van der Waals surface area contributed by atoms with Crippen molar-refractivity contribution in [2.45, 2.75) is 33.1 Å². The second kappa shape index (κ2) is 4.43. The van der Waals surface area contributed by atoms with Crippen molar-refractivity contribution in [2.24, 2.45) is 0 Å². The van der Waals surface area contributed by atoms with Gasteiger partial charge in [-0.3, -0.25) is 0 Å². The van der Waals surface area contributed by atoms with Gasteiger partial charge in [-0.15, -0.1) is 0 Å². The van der Waals surface area contributed by atoms with Gasteiger partial charge in [-0.2, -0.15) is 0 Å². The molecule has 0 fully saturated rings. The molecule has 4 nitrogen and oxygen atoms in total. The fourth-order valence-corrected chi connectivity index (χ4v) is 1.50. The zero-order valence-corrected chi connectivity index (χ0v) is 9.86. The Labute approximate surface area is 95.2 Å². The van der Waals surface area contributed by atoms with Gasteiger partial charge in [-0.1, -0.05) is 13.8 Å². The van der Waals surface area contributed by atoms with Gasteiger partial charge in [0.05, 0.1) is 5.69 Å². The number of aromatic amines is 1. The van der Waals surface area contributed by atoms with Crippen LogP contribution in [0.4, 0.5) is 0 Å². The van der Waals surface area contributed by atoms with Gasteiger partial charge in [0, 0.05) is 12.1 Å². The van der Waals surface area contributed by atoms with E-state index in [0.717, 1.165) is 29.6 Å². The van der Waals surface area contributed by atoms with Gasteiger partial charge < -0.3 is 4.98 Å². The third-order valence-corrected chi connectivity index (χ3v) is 2.66. The molecule has 0 radical (unpaired) electrons. The molecule has 0 aromatic carbocycles. The largest absolute Gasteiger partial charge is 0.359 e. The predicted octanol–water partition coefficient (Wildman–Crippen LogP) is 2.69. The van der Waals surface area contributed by atoms with Gasteiger partial charge in [0.25, 0.3) is 0 Å². The van der Waals surface area contributed by atoms with Crippen LogP contribution in [0.3, 0.4) is 0 Å². The zero-order valence-electron chi connectivity index (χ0n) is 9.86. The van der Waals surface area contributed by atoms with Crippen LogP contribution in [-0.2, 0) is 0 Å². The van der Waals surface area contributed by atoms with Crippen LogP contribution in [0.1, 0.15) is 37.8 Å². The number of hydrogen-bond donors (Lipinski definition) is 1. The summed E-state index contributed by atoms with van der Waals surface area (Å²) in [5.74, 6) is 2.75. The molecule has 0 amide bonds. The smallest absolute Gasteiger partial charge is 0.179 e. The Hall–Kier alpha value is -1.71. The molecule has 1 N–H and O–H groups in total. The average molecular weight is 216 g/mol. The number of aromatic nitrogens is 4. The minimum Gasteiger partial charge on any atom is -0.359 e. The molecule has 2 aromatic heterocycles. The van der Waals surface area contributed by atoms with Crippen LogP contribution in [0.2, 0.25) is 0 Å². The minimum absolute atomic E-state index is 0.371. The van der Waals surface area contributed by atoms with Gasteiger partial charge in [-0.25, -0.2) is 15.0 Å².